The van der Waals surface area contributed by atoms with Crippen LogP contribution in [0, 0.1) is 0 Å². The zero-order chi connectivity index (χ0) is 22.1. The van der Waals surface area contributed by atoms with Gasteiger partial charge < -0.3 is 9.04 Å². The highest BCUT2D eigenvalue weighted by molar-refractivity contribution is 8.00. The van der Waals surface area contributed by atoms with Crippen molar-refractivity contribution in [2.24, 2.45) is 0 Å². The van der Waals surface area contributed by atoms with E-state index in [1.54, 1.807) is 36.6 Å². The molecule has 0 fully saturated rings. The van der Waals surface area contributed by atoms with Gasteiger partial charge in [-0.25, -0.2) is 9.97 Å². The molecule has 7 heteroatoms. The molecule has 0 radical (unpaired) electrons. The maximum atomic E-state index is 5.05. The van der Waals surface area contributed by atoms with Gasteiger partial charge >= 0.3 is 0 Å². The van der Waals surface area contributed by atoms with E-state index in [9.17, 15) is 0 Å². The third kappa shape index (κ3) is 5.93. The zero-order valence-electron chi connectivity index (χ0n) is 18.7. The van der Waals surface area contributed by atoms with Crippen LogP contribution in [0.25, 0.3) is 26.7 Å². The summed E-state index contributed by atoms with van der Waals surface area (Å²) in [7, 11) is 1.68. The fourth-order valence-electron chi connectivity index (χ4n) is 3.21. The molecule has 1 aliphatic heterocycles. The second-order valence-electron chi connectivity index (χ2n) is 6.97. The number of aromatic nitrogens is 3. The summed E-state index contributed by atoms with van der Waals surface area (Å²) in [6.45, 7) is 6.03. The van der Waals surface area contributed by atoms with Crippen molar-refractivity contribution in [3.63, 3.8) is 0 Å². The van der Waals surface area contributed by atoms with E-state index in [1.165, 1.54) is 11.3 Å². The summed E-state index contributed by atoms with van der Waals surface area (Å²) in [4.78, 5) is 14.9. The largest absolute Gasteiger partial charge is 0.385 e. The Kier molecular flexibility index (Phi) is 9.06. The Morgan fingerprint density at radius 2 is 2.06 bits per heavy atom. The summed E-state index contributed by atoms with van der Waals surface area (Å²) in [5.41, 5.74) is 5.75. The van der Waals surface area contributed by atoms with E-state index in [4.69, 9.17) is 4.98 Å². The van der Waals surface area contributed by atoms with Crippen LogP contribution in [0.1, 0.15) is 38.8 Å². The van der Waals surface area contributed by atoms with Crippen LogP contribution in [0.3, 0.4) is 0 Å². The lowest BCUT2D eigenvalue weighted by Crippen LogP contribution is -2.22. The van der Waals surface area contributed by atoms with E-state index < -0.39 is 0 Å². The van der Waals surface area contributed by atoms with Crippen molar-refractivity contribution in [1.29, 1.82) is 0 Å². The summed E-state index contributed by atoms with van der Waals surface area (Å²) in [5.74, 6) is 0. The van der Waals surface area contributed by atoms with Crippen molar-refractivity contribution < 1.29 is 4.74 Å². The molecule has 0 spiro atoms. The summed E-state index contributed by atoms with van der Waals surface area (Å²) < 4.78 is 6.88. The second-order valence-corrected chi connectivity index (χ2v) is 8.80. The minimum absolute atomic E-state index is 0.819. The Labute approximate surface area is 193 Å². The van der Waals surface area contributed by atoms with Crippen LogP contribution in [0.2, 0.25) is 0 Å². The highest BCUT2D eigenvalue weighted by Crippen LogP contribution is 2.39. The first kappa shape index (κ1) is 23.4. The molecule has 1 aliphatic rings. The molecule has 31 heavy (non-hydrogen) atoms. The number of nitrogens with zero attached hydrogens (tertiary/aromatic N) is 4. The third-order valence-electron chi connectivity index (χ3n) is 4.89. The van der Waals surface area contributed by atoms with E-state index in [0.29, 0.717) is 0 Å². The summed E-state index contributed by atoms with van der Waals surface area (Å²) >= 11 is 3.43. The second kappa shape index (κ2) is 12.0. The number of ether oxygens (including phenoxy) is 1. The monoisotopic (exact) mass is 454 g/mol. The van der Waals surface area contributed by atoms with Crippen molar-refractivity contribution in [1.82, 2.24) is 15.0 Å². The SMILES string of the molecule is CCC/C=C1\CCN(SC)c2ccc(-c3cnc(-c4cccnc4)s3)nc21.CCOC. The quantitative estimate of drug-likeness (QED) is 0.392. The molecule has 0 amide bonds. The normalized spacial score (nSPS) is 14.2. The predicted octanol–water partition coefficient (Wildman–Crippen LogP) is 6.59. The fourth-order valence-corrected chi connectivity index (χ4v) is 4.70. The molecule has 0 saturated heterocycles. The number of hydrogen-bond acceptors (Lipinski definition) is 7. The van der Waals surface area contributed by atoms with Crippen LogP contribution in [0.4, 0.5) is 5.69 Å². The first-order valence-corrected chi connectivity index (χ1v) is 12.6. The molecule has 0 N–H and O–H groups in total. The van der Waals surface area contributed by atoms with Gasteiger partial charge in [0.2, 0.25) is 0 Å². The molecule has 0 atom stereocenters. The van der Waals surface area contributed by atoms with E-state index in [2.05, 4.69) is 50.4 Å². The minimum Gasteiger partial charge on any atom is -0.385 e. The number of thiazole rings is 1. The maximum Gasteiger partial charge on any atom is 0.125 e. The van der Waals surface area contributed by atoms with Gasteiger partial charge in [-0.1, -0.05) is 31.4 Å². The highest BCUT2D eigenvalue weighted by atomic mass is 32.2. The van der Waals surface area contributed by atoms with Gasteiger partial charge in [0.05, 0.1) is 22.0 Å². The first-order valence-electron chi connectivity index (χ1n) is 10.6. The number of unbranched alkanes of at least 4 members (excludes halogenated alkanes) is 1. The molecule has 0 aromatic carbocycles. The maximum absolute atomic E-state index is 5.05. The molecule has 4 heterocycles. The molecule has 5 nitrogen and oxygen atoms in total. The lowest BCUT2D eigenvalue weighted by Gasteiger charge is -2.30. The van der Waals surface area contributed by atoms with Gasteiger partial charge in [-0.3, -0.25) is 4.98 Å². The molecule has 0 bridgehead atoms. The highest BCUT2D eigenvalue weighted by Gasteiger charge is 2.22. The molecule has 3 aromatic heterocycles. The lowest BCUT2D eigenvalue weighted by atomic mass is 10.0. The van der Waals surface area contributed by atoms with Gasteiger partial charge in [0.1, 0.15) is 5.01 Å². The molecule has 0 aliphatic carbocycles. The zero-order valence-corrected chi connectivity index (χ0v) is 20.3. The number of hydrogen-bond donors (Lipinski definition) is 0. The van der Waals surface area contributed by atoms with Gasteiger partial charge in [0.25, 0.3) is 0 Å². The number of pyridine rings is 2. The Balaban J connectivity index is 0.000000628. The Morgan fingerprint density at radius 3 is 2.74 bits per heavy atom. The number of allylic oxidation sites excluding steroid dienone is 1. The van der Waals surface area contributed by atoms with Crippen molar-refractivity contribution >= 4 is 34.5 Å². The van der Waals surface area contributed by atoms with E-state index >= 15 is 0 Å². The molecular weight excluding hydrogens is 424 g/mol. The number of fused-ring (bicyclic) bond motifs is 1. The average molecular weight is 455 g/mol. The number of anilines is 1. The van der Waals surface area contributed by atoms with E-state index in [1.807, 2.05) is 31.5 Å². The summed E-state index contributed by atoms with van der Waals surface area (Å²) in [5, 5.41) is 0.977. The Bertz CT molecular complexity index is 986. The van der Waals surface area contributed by atoms with Crippen LogP contribution >= 0.6 is 23.3 Å². The Morgan fingerprint density at radius 1 is 1.23 bits per heavy atom. The topological polar surface area (TPSA) is 51.1 Å². The summed E-state index contributed by atoms with van der Waals surface area (Å²) in [6.07, 6.45) is 13.4. The predicted molar refractivity (Wildman–Crippen MR) is 134 cm³/mol. The van der Waals surface area contributed by atoms with Crippen molar-refractivity contribution in [3.05, 3.63) is 54.6 Å². The molecular formula is C24H30N4OS2. The number of rotatable bonds is 6. The van der Waals surface area contributed by atoms with Crippen LogP contribution in [-0.4, -0.2) is 41.5 Å². The van der Waals surface area contributed by atoms with Crippen LogP contribution in [-0.2, 0) is 4.74 Å². The average Bonchev–Trinajstić information content (AvgIpc) is 3.33. The van der Waals surface area contributed by atoms with Crippen molar-refractivity contribution in [2.45, 2.75) is 33.1 Å². The molecule has 0 unspecified atom stereocenters. The standard InChI is InChI=1S/C21H22N4S2.C3H8O/c1-3-4-6-15-10-12-25(26-2)18-9-8-17(24-20(15)18)19-14-23-21(27-19)16-7-5-11-22-13-16;1-3-4-2/h5-9,11,13-14H,3-4,10,12H2,1-2H3;3H2,1-2H3/b15-6+;. The molecule has 3 aromatic rings. The minimum atomic E-state index is 0.819. The van der Waals surface area contributed by atoms with Gasteiger partial charge in [-0.05, 0) is 49.6 Å². The van der Waals surface area contributed by atoms with E-state index in [-0.39, 0.29) is 0 Å². The van der Waals surface area contributed by atoms with Crippen molar-refractivity contribution in [2.75, 3.05) is 30.8 Å². The third-order valence-corrected chi connectivity index (χ3v) is 6.78. The van der Waals surface area contributed by atoms with Crippen LogP contribution in [0.5, 0.6) is 0 Å². The van der Waals surface area contributed by atoms with Crippen molar-refractivity contribution in [3.8, 4) is 21.1 Å². The van der Waals surface area contributed by atoms with Gasteiger partial charge in [-0.15, -0.1) is 11.3 Å². The van der Waals surface area contributed by atoms with E-state index in [0.717, 1.165) is 59.3 Å². The lowest BCUT2D eigenvalue weighted by molar-refractivity contribution is 0.215. The first-order chi connectivity index (χ1) is 15.2. The van der Waals surface area contributed by atoms with Gasteiger partial charge in [0.15, 0.2) is 0 Å². The van der Waals surface area contributed by atoms with Crippen LogP contribution in [0.15, 0.2) is 48.9 Å². The molecule has 164 valence electrons. The fraction of sp³-hybridized carbons (Fsp3) is 0.375. The van der Waals surface area contributed by atoms with Crippen LogP contribution < -0.4 is 4.31 Å². The molecule has 4 rings (SSSR count). The van der Waals surface area contributed by atoms with Gasteiger partial charge in [-0.2, -0.15) is 0 Å². The Hall–Kier alpha value is -2.22. The number of methoxy groups -OCH3 is 1. The smallest absolute Gasteiger partial charge is 0.125 e. The molecule has 0 saturated carbocycles. The summed E-state index contributed by atoms with van der Waals surface area (Å²) in [6, 6.07) is 8.30. The van der Waals surface area contributed by atoms with Gasteiger partial charge in [0, 0.05) is 50.7 Å².